The van der Waals surface area contributed by atoms with Gasteiger partial charge in [-0.15, -0.1) is 9.24 Å². The fourth-order valence-corrected chi connectivity index (χ4v) is 5.26. The van der Waals surface area contributed by atoms with Gasteiger partial charge in [-0.1, -0.05) is 12.8 Å². The summed E-state index contributed by atoms with van der Waals surface area (Å²) in [5.41, 5.74) is 0. The van der Waals surface area contributed by atoms with Gasteiger partial charge in [-0.25, -0.2) is 0 Å². The van der Waals surface area contributed by atoms with Crippen LogP contribution in [0, 0.1) is 17.8 Å². The predicted molar refractivity (Wildman–Crippen MR) is 55.2 cm³/mol. The van der Waals surface area contributed by atoms with Crippen LogP contribution in [0.5, 0.6) is 0 Å². The highest BCUT2D eigenvalue weighted by Crippen LogP contribution is 2.56. The summed E-state index contributed by atoms with van der Waals surface area (Å²) in [6.07, 6.45) is 10.9. The summed E-state index contributed by atoms with van der Waals surface area (Å²) in [5.74, 6) is 3.32. The molecule has 4 fully saturated rings. The molecular weight excluding hydrogens is 163 g/mol. The predicted octanol–water partition coefficient (Wildman–Crippen LogP) is 3.22. The van der Waals surface area contributed by atoms with Gasteiger partial charge in [0.25, 0.3) is 0 Å². The summed E-state index contributed by atoms with van der Waals surface area (Å²) in [4.78, 5) is 0. The van der Waals surface area contributed by atoms with Crippen molar-refractivity contribution in [1.82, 2.24) is 0 Å². The minimum Gasteiger partial charge on any atom is -0.131 e. The van der Waals surface area contributed by atoms with E-state index in [1.54, 1.807) is 25.7 Å². The normalized spacial score (nSPS) is 57.2. The van der Waals surface area contributed by atoms with Gasteiger partial charge in [-0.2, -0.15) is 0 Å². The molecule has 3 unspecified atom stereocenters. The Hall–Kier alpha value is 0.430. The van der Waals surface area contributed by atoms with Gasteiger partial charge >= 0.3 is 0 Å². The molecular formula is C11H19P. The van der Waals surface area contributed by atoms with Gasteiger partial charge in [0.1, 0.15) is 0 Å². The van der Waals surface area contributed by atoms with Crippen molar-refractivity contribution in [3.8, 4) is 0 Å². The second kappa shape index (κ2) is 2.47. The van der Waals surface area contributed by atoms with Crippen LogP contribution in [0.2, 0.25) is 0 Å². The maximum Gasteiger partial charge on any atom is -0.0142 e. The van der Waals surface area contributed by atoms with E-state index in [4.69, 9.17) is 0 Å². The molecule has 68 valence electrons. The number of hydrogen-bond acceptors (Lipinski definition) is 0. The molecule has 4 bridgehead atoms. The first-order valence-electron chi connectivity index (χ1n) is 5.52. The summed E-state index contributed by atoms with van der Waals surface area (Å²) < 4.78 is 0. The van der Waals surface area contributed by atoms with Crippen LogP contribution in [0.25, 0.3) is 0 Å². The van der Waals surface area contributed by atoms with E-state index < -0.39 is 0 Å². The second-order valence-electron chi connectivity index (χ2n) is 5.62. The van der Waals surface area contributed by atoms with E-state index in [-0.39, 0.29) is 0 Å². The lowest BCUT2D eigenvalue weighted by Gasteiger charge is -2.46. The summed E-state index contributed by atoms with van der Waals surface area (Å²) in [5, 5.41) is 0.701. The Kier molecular flexibility index (Phi) is 1.61. The molecule has 0 N–H and O–H groups in total. The Morgan fingerprint density at radius 2 is 1.33 bits per heavy atom. The molecule has 0 heterocycles. The van der Waals surface area contributed by atoms with Gasteiger partial charge in [0, 0.05) is 0 Å². The molecule has 5 atom stereocenters. The zero-order valence-electron chi connectivity index (χ0n) is 7.76. The molecule has 1 heteroatoms. The Morgan fingerprint density at radius 3 is 1.83 bits per heavy atom. The van der Waals surface area contributed by atoms with Crippen LogP contribution < -0.4 is 0 Å². The van der Waals surface area contributed by atoms with E-state index in [2.05, 4.69) is 9.24 Å². The van der Waals surface area contributed by atoms with Crippen LogP contribution in [-0.2, 0) is 0 Å². The first-order valence-corrected chi connectivity index (χ1v) is 6.10. The van der Waals surface area contributed by atoms with Crippen molar-refractivity contribution in [1.29, 1.82) is 0 Å². The van der Waals surface area contributed by atoms with Crippen molar-refractivity contribution in [2.45, 2.75) is 50.1 Å². The molecule has 0 nitrogen and oxygen atoms in total. The molecule has 0 aromatic heterocycles. The van der Waals surface area contributed by atoms with Crippen molar-refractivity contribution in [2.75, 3.05) is 0 Å². The summed E-state index contributed by atoms with van der Waals surface area (Å²) >= 11 is 0. The van der Waals surface area contributed by atoms with E-state index in [9.17, 15) is 0 Å². The molecule has 0 amide bonds. The molecule has 0 aromatic rings. The largest absolute Gasteiger partial charge is 0.131 e. The van der Waals surface area contributed by atoms with E-state index >= 15 is 0 Å². The van der Waals surface area contributed by atoms with Crippen molar-refractivity contribution in [3.05, 3.63) is 0 Å². The van der Waals surface area contributed by atoms with Gasteiger partial charge in [0.05, 0.1) is 0 Å². The standard InChI is InChI=1S/C11H19P/c12-11-5-8-1-2-9(6-11)4-10(3-8)7-11/h8-10H,1-7,12H2/t8-,9+,10?,11?. The molecule has 0 aliphatic heterocycles. The minimum absolute atomic E-state index is 0.701. The van der Waals surface area contributed by atoms with Gasteiger partial charge in [0.15, 0.2) is 0 Å². The molecule has 4 aliphatic carbocycles. The number of hydrogen-bond donors (Lipinski definition) is 0. The monoisotopic (exact) mass is 182 g/mol. The summed E-state index contributed by atoms with van der Waals surface area (Å²) in [7, 11) is 3.20. The Balaban J connectivity index is 1.95. The third kappa shape index (κ3) is 1.15. The highest BCUT2D eigenvalue weighted by atomic mass is 31.0. The summed E-state index contributed by atoms with van der Waals surface area (Å²) in [6.45, 7) is 0. The third-order valence-electron chi connectivity index (χ3n) is 4.40. The second-order valence-corrected chi connectivity index (χ2v) is 6.85. The van der Waals surface area contributed by atoms with Crippen LogP contribution in [0.15, 0.2) is 0 Å². The highest BCUT2D eigenvalue weighted by molar-refractivity contribution is 7.19. The van der Waals surface area contributed by atoms with Gasteiger partial charge < -0.3 is 0 Å². The fourth-order valence-electron chi connectivity index (χ4n) is 4.26. The minimum atomic E-state index is 0.701. The molecule has 0 spiro atoms. The van der Waals surface area contributed by atoms with Gasteiger partial charge in [-0.05, 0) is 55.0 Å². The third-order valence-corrected chi connectivity index (χ3v) is 5.11. The Labute approximate surface area is 77.7 Å². The molecule has 4 rings (SSSR count). The first-order chi connectivity index (χ1) is 5.73. The maximum absolute atomic E-state index is 3.20. The average molecular weight is 182 g/mol. The Morgan fingerprint density at radius 1 is 0.833 bits per heavy atom. The van der Waals surface area contributed by atoms with Gasteiger partial charge in [0.2, 0.25) is 0 Å². The first kappa shape index (κ1) is 7.80. The zero-order valence-corrected chi connectivity index (χ0v) is 8.91. The lowest BCUT2D eigenvalue weighted by molar-refractivity contribution is 0.157. The van der Waals surface area contributed by atoms with E-state index in [0.29, 0.717) is 5.16 Å². The van der Waals surface area contributed by atoms with Crippen molar-refractivity contribution >= 4 is 9.24 Å². The van der Waals surface area contributed by atoms with E-state index in [0.717, 1.165) is 17.8 Å². The van der Waals surface area contributed by atoms with Crippen LogP contribution in [0.1, 0.15) is 44.9 Å². The quantitative estimate of drug-likeness (QED) is 0.504. The van der Waals surface area contributed by atoms with Crippen molar-refractivity contribution < 1.29 is 0 Å². The molecule has 0 radical (unpaired) electrons. The maximum atomic E-state index is 3.20. The topological polar surface area (TPSA) is 0 Å². The summed E-state index contributed by atoms with van der Waals surface area (Å²) in [6, 6.07) is 0. The molecule has 0 aromatic carbocycles. The number of fused-ring (bicyclic) bond motifs is 1. The van der Waals surface area contributed by atoms with Crippen molar-refractivity contribution in [2.24, 2.45) is 17.8 Å². The molecule has 12 heavy (non-hydrogen) atoms. The van der Waals surface area contributed by atoms with Crippen LogP contribution in [0.3, 0.4) is 0 Å². The lowest BCUT2D eigenvalue weighted by atomic mass is 9.67. The van der Waals surface area contributed by atoms with Crippen LogP contribution in [-0.4, -0.2) is 5.16 Å². The van der Waals surface area contributed by atoms with E-state index in [1.807, 2.05) is 0 Å². The van der Waals surface area contributed by atoms with Crippen LogP contribution >= 0.6 is 9.24 Å². The molecule has 0 saturated heterocycles. The van der Waals surface area contributed by atoms with E-state index in [1.165, 1.54) is 19.3 Å². The smallest absolute Gasteiger partial charge is 0.0142 e. The fraction of sp³-hybridized carbons (Fsp3) is 1.00. The molecule has 4 aliphatic rings. The number of rotatable bonds is 0. The van der Waals surface area contributed by atoms with Crippen molar-refractivity contribution in [3.63, 3.8) is 0 Å². The van der Waals surface area contributed by atoms with Crippen LogP contribution in [0.4, 0.5) is 0 Å². The SMILES string of the molecule is PC12CC3C[C@@H](CC[C@@H](C3)C1)C2. The lowest BCUT2D eigenvalue weighted by Crippen LogP contribution is -2.38. The Bertz CT molecular complexity index is 183. The van der Waals surface area contributed by atoms with Gasteiger partial charge in [-0.3, -0.25) is 0 Å². The highest BCUT2D eigenvalue weighted by Gasteiger charge is 2.45. The average Bonchev–Trinajstić information content (AvgIpc) is 2.14. The zero-order chi connectivity index (χ0) is 8.18. The molecule has 4 saturated carbocycles.